The zero-order valence-corrected chi connectivity index (χ0v) is 19.2. The topological polar surface area (TPSA) is 103 Å². The second-order valence-electron chi connectivity index (χ2n) is 8.40. The first kappa shape index (κ1) is 26.1. The maximum absolute atomic E-state index is 13.2. The molecule has 196 valence electrons. The fraction of sp³-hybridized carbons (Fsp3) is 0.304. The third-order valence-electron chi connectivity index (χ3n) is 5.93. The van der Waals surface area contributed by atoms with Gasteiger partial charge in [0.1, 0.15) is 0 Å². The number of carbonyl (C=O) groups is 1. The van der Waals surface area contributed by atoms with Crippen molar-refractivity contribution in [3.8, 4) is 0 Å². The van der Waals surface area contributed by atoms with E-state index in [1.807, 2.05) is 0 Å². The number of nitrogens with one attached hydrogen (secondary N) is 2. The molecule has 3 aromatic rings. The number of anilines is 4. The van der Waals surface area contributed by atoms with Gasteiger partial charge in [0.15, 0.2) is 11.4 Å². The number of hydrogen-bond donors (Lipinski definition) is 3. The van der Waals surface area contributed by atoms with Crippen molar-refractivity contribution in [2.75, 3.05) is 24.2 Å². The van der Waals surface area contributed by atoms with Gasteiger partial charge >= 0.3 is 18.3 Å². The molecule has 0 amide bonds. The third-order valence-corrected chi connectivity index (χ3v) is 5.93. The predicted octanol–water partition coefficient (Wildman–Crippen LogP) is 5.40. The lowest BCUT2D eigenvalue weighted by Crippen LogP contribution is -2.47. The summed E-state index contributed by atoms with van der Waals surface area (Å²) in [5.41, 5.74) is -3.63. The Morgan fingerprint density at radius 1 is 0.892 bits per heavy atom. The molecule has 1 atom stereocenters. The molecular formula is C23H20F6N6O2. The highest BCUT2D eigenvalue weighted by Gasteiger charge is 2.50. The molecule has 14 heteroatoms. The summed E-state index contributed by atoms with van der Waals surface area (Å²) in [7, 11) is 1.56. The summed E-state index contributed by atoms with van der Waals surface area (Å²) < 4.78 is 78.9. The molecule has 0 saturated carbocycles. The Labute approximate surface area is 206 Å². The Morgan fingerprint density at radius 2 is 1.38 bits per heavy atom. The van der Waals surface area contributed by atoms with E-state index in [4.69, 9.17) is 0 Å². The number of aromatic nitrogens is 3. The van der Waals surface area contributed by atoms with Crippen molar-refractivity contribution in [1.82, 2.24) is 19.9 Å². The number of benzene rings is 2. The van der Waals surface area contributed by atoms with Gasteiger partial charge in [-0.1, -0.05) is 12.1 Å². The molecule has 3 N–H and O–H groups in total. The van der Waals surface area contributed by atoms with E-state index in [0.29, 0.717) is 13.0 Å². The Bertz CT molecular complexity index is 1240. The van der Waals surface area contributed by atoms with Gasteiger partial charge in [-0.3, -0.25) is 4.90 Å². The number of aliphatic carboxylic acids is 1. The average molecular weight is 526 g/mol. The highest BCUT2D eigenvalue weighted by Crippen LogP contribution is 2.38. The van der Waals surface area contributed by atoms with Gasteiger partial charge in [-0.15, -0.1) is 0 Å². The van der Waals surface area contributed by atoms with Crippen LogP contribution in [0.15, 0.2) is 48.5 Å². The summed E-state index contributed by atoms with van der Waals surface area (Å²) in [6, 6.07) is 8.36. The Balaban J connectivity index is 1.78. The van der Waals surface area contributed by atoms with Crippen LogP contribution >= 0.6 is 0 Å². The van der Waals surface area contributed by atoms with Crippen LogP contribution < -0.4 is 10.6 Å². The highest BCUT2D eigenvalue weighted by atomic mass is 19.4. The largest absolute Gasteiger partial charge is 0.480 e. The summed E-state index contributed by atoms with van der Waals surface area (Å²) in [5.74, 6) is -2.06. The molecule has 8 nitrogen and oxygen atoms in total. The standard InChI is InChI=1S/C23H20F6N6O2/c1-35-10-4-9-21(35,18(36)37)17-32-19(30-15-7-2-5-13(11-15)22(24,25)26)34-20(33-17)31-16-8-3-6-14(12-16)23(27,28)29/h2-3,5-8,11-12H,4,9-10H2,1H3,(H,36,37)(H2,30,31,32,33,34)/t21-/m1/s1. The van der Waals surface area contributed by atoms with Crippen molar-refractivity contribution in [3.05, 3.63) is 65.5 Å². The van der Waals surface area contributed by atoms with Crippen LogP contribution in [0.4, 0.5) is 49.6 Å². The van der Waals surface area contributed by atoms with Crippen LogP contribution in [0.2, 0.25) is 0 Å². The highest BCUT2D eigenvalue weighted by molar-refractivity contribution is 5.80. The van der Waals surface area contributed by atoms with E-state index in [0.717, 1.165) is 24.3 Å². The minimum Gasteiger partial charge on any atom is -0.480 e. The van der Waals surface area contributed by atoms with Gasteiger partial charge in [0.25, 0.3) is 0 Å². The molecule has 1 aliphatic heterocycles. The number of carboxylic acids is 1. The molecule has 1 aromatic heterocycles. The van der Waals surface area contributed by atoms with Gasteiger partial charge in [0.2, 0.25) is 11.9 Å². The first-order valence-corrected chi connectivity index (χ1v) is 10.9. The van der Waals surface area contributed by atoms with Crippen molar-refractivity contribution in [3.63, 3.8) is 0 Å². The van der Waals surface area contributed by atoms with Crippen LogP contribution in [-0.2, 0) is 22.7 Å². The van der Waals surface area contributed by atoms with Gasteiger partial charge in [-0.05, 0) is 62.8 Å². The molecule has 37 heavy (non-hydrogen) atoms. The Hall–Kier alpha value is -3.94. The van der Waals surface area contributed by atoms with Gasteiger partial charge < -0.3 is 15.7 Å². The molecule has 0 aliphatic carbocycles. The normalized spacial score (nSPS) is 18.6. The first-order chi connectivity index (χ1) is 17.3. The molecule has 0 radical (unpaired) electrons. The van der Waals surface area contributed by atoms with E-state index in [9.17, 15) is 36.2 Å². The zero-order chi connectivity index (χ0) is 27.0. The second-order valence-corrected chi connectivity index (χ2v) is 8.40. The van der Waals surface area contributed by atoms with Gasteiger partial charge in [0.05, 0.1) is 11.1 Å². The number of rotatable bonds is 6. The van der Waals surface area contributed by atoms with E-state index < -0.39 is 35.0 Å². The monoisotopic (exact) mass is 526 g/mol. The second kappa shape index (κ2) is 9.50. The van der Waals surface area contributed by atoms with Crippen molar-refractivity contribution in [2.24, 2.45) is 0 Å². The Morgan fingerprint density at radius 3 is 1.76 bits per heavy atom. The summed E-state index contributed by atoms with van der Waals surface area (Å²) in [5, 5.41) is 15.3. The Kier molecular flexibility index (Phi) is 6.71. The van der Waals surface area contributed by atoms with Gasteiger partial charge in [-0.2, -0.15) is 41.3 Å². The van der Waals surface area contributed by atoms with Gasteiger partial charge in [0, 0.05) is 11.4 Å². The predicted molar refractivity (Wildman–Crippen MR) is 120 cm³/mol. The van der Waals surface area contributed by atoms with Crippen molar-refractivity contribution in [2.45, 2.75) is 30.7 Å². The van der Waals surface area contributed by atoms with Gasteiger partial charge in [-0.25, -0.2) is 4.79 Å². The van der Waals surface area contributed by atoms with E-state index >= 15 is 0 Å². The quantitative estimate of drug-likeness (QED) is 0.367. The molecular weight excluding hydrogens is 506 g/mol. The van der Waals surface area contributed by atoms with E-state index in [-0.39, 0.29) is 35.5 Å². The molecule has 1 saturated heterocycles. The number of alkyl halides is 6. The van der Waals surface area contributed by atoms with Crippen LogP contribution in [0, 0.1) is 0 Å². The van der Waals surface area contributed by atoms with Crippen LogP contribution in [0.25, 0.3) is 0 Å². The first-order valence-electron chi connectivity index (χ1n) is 10.9. The molecule has 2 aromatic carbocycles. The fourth-order valence-electron chi connectivity index (χ4n) is 4.08. The molecule has 0 spiro atoms. The maximum atomic E-state index is 13.2. The fourth-order valence-corrected chi connectivity index (χ4v) is 4.08. The average Bonchev–Trinajstić information content (AvgIpc) is 3.20. The smallest absolute Gasteiger partial charge is 0.416 e. The molecule has 2 heterocycles. The molecule has 4 rings (SSSR count). The summed E-state index contributed by atoms with van der Waals surface area (Å²) in [6.07, 6.45) is -8.59. The number of nitrogens with zero attached hydrogens (tertiary/aromatic N) is 4. The number of likely N-dealkylation sites (N-methyl/N-ethyl adjacent to an activating group) is 1. The molecule has 1 aliphatic rings. The zero-order valence-electron chi connectivity index (χ0n) is 19.2. The van der Waals surface area contributed by atoms with Crippen molar-refractivity contribution < 1.29 is 36.2 Å². The molecule has 0 bridgehead atoms. The number of likely N-dealkylation sites (tertiary alicyclic amines) is 1. The van der Waals surface area contributed by atoms with Crippen LogP contribution in [0.3, 0.4) is 0 Å². The SMILES string of the molecule is CN1CCC[C@]1(C(=O)O)c1nc(Nc2cccc(C(F)(F)F)c2)nc(Nc2cccc(C(F)(F)F)c2)n1. The van der Waals surface area contributed by atoms with E-state index in [1.165, 1.54) is 29.2 Å². The summed E-state index contributed by atoms with van der Waals surface area (Å²) >= 11 is 0. The van der Waals surface area contributed by atoms with Crippen molar-refractivity contribution in [1.29, 1.82) is 0 Å². The maximum Gasteiger partial charge on any atom is 0.416 e. The summed E-state index contributed by atoms with van der Waals surface area (Å²) in [4.78, 5) is 26.3. The van der Waals surface area contributed by atoms with Crippen molar-refractivity contribution >= 4 is 29.2 Å². The van der Waals surface area contributed by atoms with Crippen LogP contribution in [0.5, 0.6) is 0 Å². The number of hydrogen-bond acceptors (Lipinski definition) is 7. The number of halogens is 6. The van der Waals surface area contributed by atoms with Crippen LogP contribution in [0.1, 0.15) is 29.8 Å². The lowest BCUT2D eigenvalue weighted by molar-refractivity contribution is -0.150. The summed E-state index contributed by atoms with van der Waals surface area (Å²) in [6.45, 7) is 0.408. The van der Waals surface area contributed by atoms with Crippen LogP contribution in [-0.4, -0.2) is 44.5 Å². The minimum absolute atomic E-state index is 0.0406. The number of carboxylic acid groups (broad SMARTS) is 1. The third kappa shape index (κ3) is 5.43. The lowest BCUT2D eigenvalue weighted by Gasteiger charge is -2.30. The lowest BCUT2D eigenvalue weighted by atomic mass is 9.95. The van der Waals surface area contributed by atoms with E-state index in [2.05, 4.69) is 25.6 Å². The minimum atomic E-state index is -4.61. The molecule has 1 fully saturated rings. The molecule has 0 unspecified atom stereocenters. The van der Waals surface area contributed by atoms with E-state index in [1.54, 1.807) is 7.05 Å².